The highest BCUT2D eigenvalue weighted by atomic mass is 16.5. The Bertz CT molecular complexity index is 388. The zero-order valence-corrected chi connectivity index (χ0v) is 11.8. The van der Waals surface area contributed by atoms with Crippen LogP contribution in [0.25, 0.3) is 0 Å². The summed E-state index contributed by atoms with van der Waals surface area (Å²) in [6, 6.07) is 5.54. The van der Waals surface area contributed by atoms with Gasteiger partial charge < -0.3 is 9.64 Å². The van der Waals surface area contributed by atoms with Crippen molar-refractivity contribution in [2.75, 3.05) is 20.7 Å². The standard InChI is InChI=1S/C15H23NO2/c1-12(2)7-8-16(3)10-14-9-13(11-17)5-6-15(14)18-4/h5-6,9,11-12H,7-8,10H2,1-4H3. The third-order valence-corrected chi connectivity index (χ3v) is 2.97. The number of carbonyl (C=O) groups excluding carboxylic acids is 1. The van der Waals surface area contributed by atoms with E-state index in [1.165, 1.54) is 6.42 Å². The first kappa shape index (κ1) is 14.7. The van der Waals surface area contributed by atoms with Crippen molar-refractivity contribution < 1.29 is 9.53 Å². The summed E-state index contributed by atoms with van der Waals surface area (Å²) in [5.74, 6) is 1.55. The van der Waals surface area contributed by atoms with E-state index >= 15 is 0 Å². The molecule has 1 rings (SSSR count). The molecule has 0 fully saturated rings. The maximum atomic E-state index is 10.8. The van der Waals surface area contributed by atoms with E-state index in [1.54, 1.807) is 13.2 Å². The second kappa shape index (κ2) is 7.17. The van der Waals surface area contributed by atoms with E-state index in [9.17, 15) is 4.79 Å². The molecule has 0 saturated carbocycles. The maximum absolute atomic E-state index is 10.8. The first-order chi connectivity index (χ1) is 8.56. The van der Waals surface area contributed by atoms with E-state index in [1.807, 2.05) is 12.1 Å². The molecule has 0 heterocycles. The molecule has 0 atom stereocenters. The van der Waals surface area contributed by atoms with Crippen LogP contribution < -0.4 is 4.74 Å². The summed E-state index contributed by atoms with van der Waals surface area (Å²) in [5.41, 5.74) is 1.76. The quantitative estimate of drug-likeness (QED) is 0.696. The normalized spacial score (nSPS) is 11.0. The van der Waals surface area contributed by atoms with Crippen molar-refractivity contribution in [2.24, 2.45) is 5.92 Å². The summed E-state index contributed by atoms with van der Waals surface area (Å²) < 4.78 is 5.33. The van der Waals surface area contributed by atoms with Gasteiger partial charge >= 0.3 is 0 Å². The average Bonchev–Trinajstić information content (AvgIpc) is 2.36. The number of benzene rings is 1. The van der Waals surface area contributed by atoms with Gasteiger partial charge in [-0.05, 0) is 44.1 Å². The van der Waals surface area contributed by atoms with Crippen LogP contribution >= 0.6 is 0 Å². The lowest BCUT2D eigenvalue weighted by Crippen LogP contribution is -2.20. The highest BCUT2D eigenvalue weighted by Crippen LogP contribution is 2.21. The van der Waals surface area contributed by atoms with Crippen molar-refractivity contribution in [1.29, 1.82) is 0 Å². The molecule has 0 aromatic heterocycles. The Kier molecular flexibility index (Phi) is 5.86. The minimum atomic E-state index is 0.697. The van der Waals surface area contributed by atoms with Gasteiger partial charge in [-0.2, -0.15) is 0 Å². The number of carbonyl (C=O) groups is 1. The first-order valence-corrected chi connectivity index (χ1v) is 6.37. The first-order valence-electron chi connectivity index (χ1n) is 6.37. The van der Waals surface area contributed by atoms with Crippen molar-refractivity contribution in [3.63, 3.8) is 0 Å². The maximum Gasteiger partial charge on any atom is 0.150 e. The molecule has 100 valence electrons. The van der Waals surface area contributed by atoms with Crippen molar-refractivity contribution in [2.45, 2.75) is 26.8 Å². The summed E-state index contributed by atoms with van der Waals surface area (Å²) in [7, 11) is 3.75. The smallest absolute Gasteiger partial charge is 0.150 e. The highest BCUT2D eigenvalue weighted by molar-refractivity contribution is 5.75. The summed E-state index contributed by atoms with van der Waals surface area (Å²) >= 11 is 0. The van der Waals surface area contributed by atoms with E-state index in [-0.39, 0.29) is 0 Å². The van der Waals surface area contributed by atoms with Crippen LogP contribution in [-0.2, 0) is 6.54 Å². The largest absolute Gasteiger partial charge is 0.496 e. The monoisotopic (exact) mass is 249 g/mol. The van der Waals surface area contributed by atoms with Crippen LogP contribution in [0.4, 0.5) is 0 Å². The molecule has 0 bridgehead atoms. The predicted molar refractivity (Wildman–Crippen MR) is 74.2 cm³/mol. The van der Waals surface area contributed by atoms with E-state index < -0.39 is 0 Å². The second-order valence-electron chi connectivity index (χ2n) is 5.11. The van der Waals surface area contributed by atoms with E-state index in [2.05, 4.69) is 25.8 Å². The van der Waals surface area contributed by atoms with Crippen LogP contribution in [0, 0.1) is 5.92 Å². The molecule has 0 radical (unpaired) electrons. The van der Waals surface area contributed by atoms with Crippen molar-refractivity contribution in [1.82, 2.24) is 4.90 Å². The summed E-state index contributed by atoms with van der Waals surface area (Å²) in [5, 5.41) is 0. The highest BCUT2D eigenvalue weighted by Gasteiger charge is 2.08. The fraction of sp³-hybridized carbons (Fsp3) is 0.533. The molecule has 3 heteroatoms. The van der Waals surface area contributed by atoms with E-state index in [4.69, 9.17) is 4.74 Å². The third kappa shape index (κ3) is 4.49. The Morgan fingerprint density at radius 2 is 2.11 bits per heavy atom. The fourth-order valence-electron chi connectivity index (χ4n) is 1.84. The zero-order valence-electron chi connectivity index (χ0n) is 11.8. The Morgan fingerprint density at radius 3 is 2.67 bits per heavy atom. The van der Waals surface area contributed by atoms with Gasteiger partial charge in [-0.3, -0.25) is 4.79 Å². The minimum Gasteiger partial charge on any atom is -0.496 e. The molecule has 0 spiro atoms. The number of nitrogens with zero attached hydrogens (tertiary/aromatic N) is 1. The predicted octanol–water partition coefficient (Wildman–Crippen LogP) is 2.99. The Morgan fingerprint density at radius 1 is 1.39 bits per heavy atom. The molecule has 0 aliphatic rings. The van der Waals surface area contributed by atoms with Gasteiger partial charge in [-0.25, -0.2) is 0 Å². The lowest BCUT2D eigenvalue weighted by atomic mass is 10.1. The SMILES string of the molecule is COc1ccc(C=O)cc1CN(C)CCC(C)C. The molecular weight excluding hydrogens is 226 g/mol. The van der Waals surface area contributed by atoms with E-state index in [0.29, 0.717) is 11.5 Å². The number of hydrogen-bond acceptors (Lipinski definition) is 3. The van der Waals surface area contributed by atoms with Crippen LogP contribution in [-0.4, -0.2) is 31.9 Å². The molecule has 1 aromatic rings. The minimum absolute atomic E-state index is 0.697. The molecule has 0 unspecified atom stereocenters. The summed E-state index contributed by atoms with van der Waals surface area (Å²) in [6.07, 6.45) is 2.04. The lowest BCUT2D eigenvalue weighted by molar-refractivity contribution is 0.112. The number of aldehydes is 1. The van der Waals surface area contributed by atoms with Gasteiger partial charge in [0.25, 0.3) is 0 Å². The molecule has 1 aromatic carbocycles. The summed E-state index contributed by atoms with van der Waals surface area (Å²) in [4.78, 5) is 13.1. The van der Waals surface area contributed by atoms with Crippen molar-refractivity contribution >= 4 is 6.29 Å². The average molecular weight is 249 g/mol. The Hall–Kier alpha value is -1.35. The van der Waals surface area contributed by atoms with Crippen molar-refractivity contribution in [3.05, 3.63) is 29.3 Å². The van der Waals surface area contributed by atoms with Crippen molar-refractivity contribution in [3.8, 4) is 5.75 Å². The molecule has 0 amide bonds. The molecule has 18 heavy (non-hydrogen) atoms. The van der Waals surface area contributed by atoms with Gasteiger partial charge in [0.05, 0.1) is 7.11 Å². The molecule has 0 aliphatic heterocycles. The van der Waals surface area contributed by atoms with Crippen LogP contribution in [0.3, 0.4) is 0 Å². The van der Waals surface area contributed by atoms with Crippen LogP contribution in [0.1, 0.15) is 36.2 Å². The third-order valence-electron chi connectivity index (χ3n) is 2.97. The fourth-order valence-corrected chi connectivity index (χ4v) is 1.84. The molecule has 0 saturated heterocycles. The van der Waals surface area contributed by atoms with Crippen LogP contribution in [0.5, 0.6) is 5.75 Å². The Balaban J connectivity index is 2.72. The van der Waals surface area contributed by atoms with Crippen LogP contribution in [0.15, 0.2) is 18.2 Å². The summed E-state index contributed by atoms with van der Waals surface area (Å²) in [6.45, 7) is 6.30. The Labute approximate surface area is 110 Å². The molecule has 0 aliphatic carbocycles. The number of methoxy groups -OCH3 is 1. The topological polar surface area (TPSA) is 29.5 Å². The van der Waals surface area contributed by atoms with Gasteiger partial charge in [-0.15, -0.1) is 0 Å². The van der Waals surface area contributed by atoms with Gasteiger partial charge in [0, 0.05) is 17.7 Å². The number of hydrogen-bond donors (Lipinski definition) is 0. The van der Waals surface area contributed by atoms with Gasteiger partial charge in [0.2, 0.25) is 0 Å². The number of rotatable bonds is 7. The molecule has 3 nitrogen and oxygen atoms in total. The van der Waals surface area contributed by atoms with E-state index in [0.717, 1.165) is 30.7 Å². The van der Waals surface area contributed by atoms with Gasteiger partial charge in [-0.1, -0.05) is 13.8 Å². The van der Waals surface area contributed by atoms with Crippen LogP contribution in [0.2, 0.25) is 0 Å². The second-order valence-corrected chi connectivity index (χ2v) is 5.11. The van der Waals surface area contributed by atoms with Gasteiger partial charge in [0.15, 0.2) is 0 Å². The van der Waals surface area contributed by atoms with Gasteiger partial charge in [0.1, 0.15) is 12.0 Å². The lowest BCUT2D eigenvalue weighted by Gasteiger charge is -2.19. The number of ether oxygens (including phenoxy) is 1. The zero-order chi connectivity index (χ0) is 13.5. The molecule has 0 N–H and O–H groups in total. The molecular formula is C15H23NO2.